The fraction of sp³-hybridized carbons (Fsp3) is 0.455. The number of nitrogens with zero attached hydrogens (tertiary/aromatic N) is 1. The molecule has 0 atom stereocenters. The number of hydrogen-bond donors (Lipinski definition) is 4. The molecule has 4 N–H and O–H groups in total. The van der Waals surface area contributed by atoms with Crippen LogP contribution in [-0.4, -0.2) is 46.6 Å². The van der Waals surface area contributed by atoms with E-state index in [0.717, 1.165) is 13.1 Å². The van der Waals surface area contributed by atoms with Crippen LogP contribution in [0.4, 0.5) is 0 Å². The summed E-state index contributed by atoms with van der Waals surface area (Å²) in [6, 6.07) is 2.92. The topological polar surface area (TPSA) is 85.2 Å². The molecular weight excluding hydrogens is 224 g/mol. The van der Waals surface area contributed by atoms with E-state index < -0.39 is 5.75 Å². The molecule has 0 spiro atoms. The van der Waals surface area contributed by atoms with Crippen molar-refractivity contribution in [2.75, 3.05) is 26.3 Å². The molecule has 0 unspecified atom stereocenters. The Balaban J connectivity index is 1.96. The van der Waals surface area contributed by atoms with Gasteiger partial charge in [0.2, 0.25) is 5.75 Å². The van der Waals surface area contributed by atoms with Gasteiger partial charge in [0.05, 0.1) is 13.2 Å². The van der Waals surface area contributed by atoms with Gasteiger partial charge < -0.3 is 20.1 Å². The second kappa shape index (κ2) is 5.22. The minimum atomic E-state index is -0.480. The average Bonchev–Trinajstić information content (AvgIpc) is 2.36. The monoisotopic (exact) mass is 240 g/mol. The quantitative estimate of drug-likeness (QED) is 0.562. The molecule has 1 aliphatic heterocycles. The lowest BCUT2D eigenvalue weighted by Crippen LogP contribution is -2.45. The van der Waals surface area contributed by atoms with Crippen molar-refractivity contribution in [2.45, 2.75) is 6.54 Å². The molecule has 0 saturated carbocycles. The molecule has 1 heterocycles. The van der Waals surface area contributed by atoms with Crippen LogP contribution in [-0.2, 0) is 11.3 Å². The van der Waals surface area contributed by atoms with E-state index in [2.05, 4.69) is 5.43 Å². The summed E-state index contributed by atoms with van der Waals surface area (Å²) in [6.07, 6.45) is 0. The van der Waals surface area contributed by atoms with E-state index in [0.29, 0.717) is 25.3 Å². The van der Waals surface area contributed by atoms with Crippen molar-refractivity contribution in [3.63, 3.8) is 0 Å². The number of hydrazine groups is 1. The molecule has 0 bridgehead atoms. The SMILES string of the molecule is Oc1ccc(CNN2CCOCC2)c(O)c1O. The molecule has 6 nitrogen and oxygen atoms in total. The predicted octanol–water partition coefficient (Wildman–Crippen LogP) is 0.140. The Labute approximate surface area is 99.0 Å². The molecule has 2 rings (SSSR count). The fourth-order valence-corrected chi connectivity index (χ4v) is 1.67. The molecule has 1 aromatic carbocycles. The number of benzene rings is 1. The van der Waals surface area contributed by atoms with Crippen molar-refractivity contribution in [3.8, 4) is 17.2 Å². The van der Waals surface area contributed by atoms with Crippen LogP contribution < -0.4 is 5.43 Å². The number of nitrogens with one attached hydrogen (secondary N) is 1. The molecule has 0 amide bonds. The number of rotatable bonds is 3. The van der Waals surface area contributed by atoms with Gasteiger partial charge in [-0.2, -0.15) is 0 Å². The van der Waals surface area contributed by atoms with E-state index in [9.17, 15) is 15.3 Å². The normalized spacial score (nSPS) is 17.2. The van der Waals surface area contributed by atoms with Crippen LogP contribution in [0.3, 0.4) is 0 Å². The van der Waals surface area contributed by atoms with Gasteiger partial charge in [0.25, 0.3) is 0 Å². The number of hydrogen-bond acceptors (Lipinski definition) is 6. The summed E-state index contributed by atoms with van der Waals surface area (Å²) in [7, 11) is 0. The van der Waals surface area contributed by atoms with Gasteiger partial charge in [-0.05, 0) is 6.07 Å². The number of ether oxygens (including phenoxy) is 1. The number of aromatic hydroxyl groups is 3. The minimum Gasteiger partial charge on any atom is -0.504 e. The predicted molar refractivity (Wildman–Crippen MR) is 60.7 cm³/mol. The van der Waals surface area contributed by atoms with Gasteiger partial charge in [0.15, 0.2) is 11.5 Å². The van der Waals surface area contributed by atoms with Gasteiger partial charge in [-0.15, -0.1) is 0 Å². The van der Waals surface area contributed by atoms with E-state index >= 15 is 0 Å². The van der Waals surface area contributed by atoms with E-state index in [4.69, 9.17) is 4.74 Å². The molecule has 17 heavy (non-hydrogen) atoms. The summed E-state index contributed by atoms with van der Waals surface area (Å²) in [5, 5.41) is 30.2. The van der Waals surface area contributed by atoms with Crippen molar-refractivity contribution in [3.05, 3.63) is 17.7 Å². The van der Waals surface area contributed by atoms with Crippen LogP contribution in [0.5, 0.6) is 17.2 Å². The van der Waals surface area contributed by atoms with Crippen LogP contribution in [0.1, 0.15) is 5.56 Å². The largest absolute Gasteiger partial charge is 0.504 e. The van der Waals surface area contributed by atoms with Crippen LogP contribution in [0.15, 0.2) is 12.1 Å². The Bertz CT molecular complexity index is 391. The van der Waals surface area contributed by atoms with E-state index in [1.807, 2.05) is 5.01 Å². The number of phenolic OH excluding ortho intramolecular Hbond substituents is 3. The van der Waals surface area contributed by atoms with Crippen LogP contribution in [0.2, 0.25) is 0 Å². The van der Waals surface area contributed by atoms with Gasteiger partial charge >= 0.3 is 0 Å². The van der Waals surface area contributed by atoms with Crippen molar-refractivity contribution in [1.82, 2.24) is 10.4 Å². The maximum atomic E-state index is 9.61. The first-order chi connectivity index (χ1) is 8.18. The Morgan fingerprint density at radius 3 is 2.53 bits per heavy atom. The molecule has 94 valence electrons. The smallest absolute Gasteiger partial charge is 0.200 e. The maximum absolute atomic E-state index is 9.61. The molecule has 0 radical (unpaired) electrons. The first kappa shape index (κ1) is 12.0. The summed E-state index contributed by atoms with van der Waals surface area (Å²) in [6.45, 7) is 3.31. The second-order valence-corrected chi connectivity index (χ2v) is 3.88. The van der Waals surface area contributed by atoms with Gasteiger partial charge in [-0.1, -0.05) is 6.07 Å². The van der Waals surface area contributed by atoms with Gasteiger partial charge in [0.1, 0.15) is 0 Å². The second-order valence-electron chi connectivity index (χ2n) is 3.88. The lowest BCUT2D eigenvalue weighted by molar-refractivity contribution is 0.0104. The third-order valence-corrected chi connectivity index (χ3v) is 2.72. The molecule has 1 fully saturated rings. The summed E-state index contributed by atoms with van der Waals surface area (Å²) in [5.41, 5.74) is 3.66. The first-order valence-corrected chi connectivity index (χ1v) is 5.47. The van der Waals surface area contributed by atoms with Gasteiger partial charge in [-0.3, -0.25) is 5.43 Å². The lowest BCUT2D eigenvalue weighted by Gasteiger charge is -2.27. The zero-order valence-electron chi connectivity index (χ0n) is 9.39. The lowest BCUT2D eigenvalue weighted by atomic mass is 10.2. The van der Waals surface area contributed by atoms with Gasteiger partial charge in [0, 0.05) is 25.2 Å². The summed E-state index contributed by atoms with van der Waals surface area (Å²) < 4.78 is 5.21. The third kappa shape index (κ3) is 2.79. The highest BCUT2D eigenvalue weighted by Gasteiger charge is 2.13. The Hall–Kier alpha value is -1.50. The zero-order chi connectivity index (χ0) is 12.3. The Kier molecular flexibility index (Phi) is 3.68. The van der Waals surface area contributed by atoms with Crippen molar-refractivity contribution >= 4 is 0 Å². The van der Waals surface area contributed by atoms with E-state index in [1.54, 1.807) is 6.07 Å². The molecule has 1 saturated heterocycles. The maximum Gasteiger partial charge on any atom is 0.200 e. The summed E-state index contributed by atoms with van der Waals surface area (Å²) >= 11 is 0. The molecule has 0 aromatic heterocycles. The van der Waals surface area contributed by atoms with Crippen molar-refractivity contribution < 1.29 is 20.1 Å². The molecule has 1 aromatic rings. The Morgan fingerprint density at radius 1 is 1.12 bits per heavy atom. The fourth-order valence-electron chi connectivity index (χ4n) is 1.67. The van der Waals surface area contributed by atoms with Crippen LogP contribution >= 0.6 is 0 Å². The number of phenols is 3. The number of morpholine rings is 1. The molecule has 6 heteroatoms. The van der Waals surface area contributed by atoms with Crippen LogP contribution in [0, 0.1) is 0 Å². The highest BCUT2D eigenvalue weighted by atomic mass is 16.5. The van der Waals surface area contributed by atoms with Crippen molar-refractivity contribution in [1.29, 1.82) is 0 Å². The molecular formula is C11H16N2O4. The van der Waals surface area contributed by atoms with E-state index in [-0.39, 0.29) is 11.5 Å². The standard InChI is InChI=1S/C11H16N2O4/c14-9-2-1-8(10(15)11(9)16)7-12-13-3-5-17-6-4-13/h1-2,12,14-16H,3-7H2. The van der Waals surface area contributed by atoms with E-state index in [1.165, 1.54) is 6.07 Å². The molecule has 0 aliphatic carbocycles. The average molecular weight is 240 g/mol. The highest BCUT2D eigenvalue weighted by Crippen LogP contribution is 2.36. The summed E-state index contributed by atoms with van der Waals surface area (Å²) in [5.74, 6) is -1.09. The van der Waals surface area contributed by atoms with Crippen LogP contribution in [0.25, 0.3) is 0 Å². The minimum absolute atomic E-state index is 0.286. The zero-order valence-corrected chi connectivity index (χ0v) is 9.39. The van der Waals surface area contributed by atoms with Gasteiger partial charge in [-0.25, -0.2) is 5.01 Å². The highest BCUT2D eigenvalue weighted by molar-refractivity contribution is 5.52. The first-order valence-electron chi connectivity index (χ1n) is 5.47. The summed E-state index contributed by atoms with van der Waals surface area (Å²) in [4.78, 5) is 0. The molecule has 1 aliphatic rings. The Morgan fingerprint density at radius 2 is 1.82 bits per heavy atom. The van der Waals surface area contributed by atoms with Crippen molar-refractivity contribution in [2.24, 2.45) is 0 Å². The third-order valence-electron chi connectivity index (χ3n) is 2.72.